The second kappa shape index (κ2) is 7.12. The van der Waals surface area contributed by atoms with Crippen LogP contribution in [0.4, 0.5) is 0 Å². The van der Waals surface area contributed by atoms with Crippen LogP contribution in [0, 0.1) is 0 Å². The van der Waals surface area contributed by atoms with Gasteiger partial charge in [-0.15, -0.1) is 0 Å². The Morgan fingerprint density at radius 2 is 1.60 bits per heavy atom. The van der Waals surface area contributed by atoms with Gasteiger partial charge < -0.3 is 14.0 Å². The first-order valence-electron chi connectivity index (χ1n) is 5.01. The van der Waals surface area contributed by atoms with Gasteiger partial charge in [0.15, 0.2) is 0 Å². The largest absolute Gasteiger partial charge is 0.344 e. The molecule has 0 rings (SSSR count). The minimum Gasteiger partial charge on any atom is -0.344 e. The summed E-state index contributed by atoms with van der Waals surface area (Å²) in [6, 6.07) is -1.08. The van der Waals surface area contributed by atoms with Crippen LogP contribution in [0.3, 0.4) is 0 Å². The number of hydrogen-bond donors (Lipinski definition) is 0. The smallest absolute Gasteiger partial charge is 0.320 e. The van der Waals surface area contributed by atoms with Gasteiger partial charge in [-0.05, 0) is 20.8 Å². The Morgan fingerprint density at radius 1 is 1.13 bits per heavy atom. The third kappa shape index (κ3) is 4.03. The topological polar surface area (TPSA) is 61.8 Å². The van der Waals surface area contributed by atoms with Gasteiger partial charge in [0, 0.05) is 20.1 Å². The highest BCUT2D eigenvalue weighted by Crippen LogP contribution is 2.53. The van der Waals surface area contributed by atoms with E-state index in [4.69, 9.17) is 14.0 Å². The highest BCUT2D eigenvalue weighted by atomic mass is 31.2. The lowest BCUT2D eigenvalue weighted by Crippen LogP contribution is -2.22. The molecule has 0 aromatic carbocycles. The Kier molecular flexibility index (Phi) is 7.02. The van der Waals surface area contributed by atoms with E-state index in [-0.39, 0.29) is 6.61 Å². The quantitative estimate of drug-likeness (QED) is 0.479. The van der Waals surface area contributed by atoms with Crippen molar-refractivity contribution in [2.75, 3.05) is 19.8 Å². The Morgan fingerprint density at radius 3 is 1.87 bits per heavy atom. The van der Waals surface area contributed by atoms with Crippen molar-refractivity contribution in [3.63, 3.8) is 0 Å². The van der Waals surface area contributed by atoms with E-state index < -0.39 is 18.9 Å². The van der Waals surface area contributed by atoms with Gasteiger partial charge in [-0.3, -0.25) is 9.36 Å². The zero-order valence-corrected chi connectivity index (χ0v) is 10.6. The van der Waals surface area contributed by atoms with Gasteiger partial charge in [0.2, 0.25) is 11.6 Å². The van der Waals surface area contributed by atoms with Crippen molar-refractivity contribution in [2.24, 2.45) is 0 Å². The lowest BCUT2D eigenvalue weighted by atomic mass is 10.8. The maximum Gasteiger partial charge on any atom is 0.320 e. The Balaban J connectivity index is 4.82. The van der Waals surface area contributed by atoms with E-state index in [2.05, 4.69) is 0 Å². The molecule has 0 aliphatic rings. The molecule has 0 aromatic heterocycles. The minimum absolute atomic E-state index is 0.188. The summed E-state index contributed by atoms with van der Waals surface area (Å²) >= 11 is 0. The summed E-state index contributed by atoms with van der Waals surface area (Å²) in [5.41, 5.74) is -0.531. The van der Waals surface area contributed by atoms with Gasteiger partial charge in [-0.1, -0.05) is 0 Å². The molecular formula is C9H19O5P. The van der Waals surface area contributed by atoms with E-state index in [0.717, 1.165) is 0 Å². The molecule has 0 aliphatic carbocycles. The summed E-state index contributed by atoms with van der Waals surface area (Å²) in [4.78, 5) is 11.3. The van der Waals surface area contributed by atoms with E-state index in [1.54, 1.807) is 20.8 Å². The van der Waals surface area contributed by atoms with Crippen LogP contribution in [-0.2, 0) is 23.4 Å². The van der Waals surface area contributed by atoms with Gasteiger partial charge in [0.1, 0.15) is 0 Å². The predicted molar refractivity (Wildman–Crippen MR) is 57.0 cm³/mol. The number of ether oxygens (including phenoxy) is 2. The predicted octanol–water partition coefficient (Wildman–Crippen LogP) is 2.20. The van der Waals surface area contributed by atoms with Gasteiger partial charge in [-0.25, -0.2) is 0 Å². The summed E-state index contributed by atoms with van der Waals surface area (Å²) in [6.07, 6.45) is 0. The van der Waals surface area contributed by atoms with Crippen molar-refractivity contribution in [3.05, 3.63) is 0 Å². The molecule has 0 amide bonds. The zero-order chi connectivity index (χ0) is 11.9. The SMILES string of the molecule is CCOC(OCC)P(=O)(OCC)C(C)=O. The summed E-state index contributed by atoms with van der Waals surface area (Å²) in [5, 5.41) is 0. The molecule has 0 saturated carbocycles. The van der Waals surface area contributed by atoms with E-state index in [1.807, 2.05) is 0 Å². The van der Waals surface area contributed by atoms with Crippen molar-refractivity contribution >= 4 is 12.9 Å². The monoisotopic (exact) mass is 238 g/mol. The molecule has 0 bridgehead atoms. The van der Waals surface area contributed by atoms with Crippen molar-refractivity contribution < 1.29 is 23.4 Å². The molecule has 5 nitrogen and oxygen atoms in total. The molecule has 0 heterocycles. The fourth-order valence-electron chi connectivity index (χ4n) is 1.02. The van der Waals surface area contributed by atoms with E-state index >= 15 is 0 Å². The van der Waals surface area contributed by atoms with Gasteiger partial charge in [-0.2, -0.15) is 0 Å². The Hall–Kier alpha value is -0.220. The minimum atomic E-state index is -3.52. The van der Waals surface area contributed by atoms with Gasteiger partial charge in [0.05, 0.1) is 6.61 Å². The lowest BCUT2D eigenvalue weighted by Gasteiger charge is -2.24. The number of rotatable bonds is 8. The van der Waals surface area contributed by atoms with Crippen LogP contribution in [-0.4, -0.2) is 31.4 Å². The second-order valence-corrected chi connectivity index (χ2v) is 5.26. The fraction of sp³-hybridized carbons (Fsp3) is 0.889. The maximum absolute atomic E-state index is 12.2. The second-order valence-electron chi connectivity index (χ2n) is 2.75. The third-order valence-electron chi connectivity index (χ3n) is 1.66. The molecule has 0 aromatic rings. The first-order valence-corrected chi connectivity index (χ1v) is 6.70. The lowest BCUT2D eigenvalue weighted by molar-refractivity contribution is -0.116. The molecule has 90 valence electrons. The van der Waals surface area contributed by atoms with E-state index in [1.165, 1.54) is 6.92 Å². The van der Waals surface area contributed by atoms with Crippen LogP contribution >= 0.6 is 7.37 Å². The average Bonchev–Trinajstić information content (AvgIpc) is 2.17. The number of carbonyl (C=O) groups is 1. The van der Waals surface area contributed by atoms with Gasteiger partial charge >= 0.3 is 7.37 Å². The fourth-order valence-corrected chi connectivity index (χ4v) is 2.70. The normalized spacial score (nSPS) is 15.3. The molecule has 1 unspecified atom stereocenters. The number of carbonyl (C=O) groups excluding carboxylic acids is 1. The summed E-state index contributed by atoms with van der Waals surface area (Å²) in [7, 11) is -3.52. The van der Waals surface area contributed by atoms with Crippen molar-refractivity contribution in [1.29, 1.82) is 0 Å². The maximum atomic E-state index is 12.2. The molecular weight excluding hydrogens is 219 g/mol. The zero-order valence-electron chi connectivity index (χ0n) is 9.69. The molecule has 15 heavy (non-hydrogen) atoms. The molecule has 1 atom stereocenters. The standard InChI is InChI=1S/C9H19O5P/c1-5-12-9(13-6-2)15(11,8(4)10)14-7-3/h9H,5-7H2,1-4H3. The summed E-state index contributed by atoms with van der Waals surface area (Å²) < 4.78 is 27.4. The van der Waals surface area contributed by atoms with E-state index in [0.29, 0.717) is 13.2 Å². The Bertz CT molecular complexity index is 235. The highest BCUT2D eigenvalue weighted by molar-refractivity contribution is 7.76. The molecule has 0 spiro atoms. The molecule has 6 heteroatoms. The van der Waals surface area contributed by atoms with Crippen LogP contribution in [0.1, 0.15) is 27.7 Å². The van der Waals surface area contributed by atoms with Crippen LogP contribution in [0.15, 0.2) is 0 Å². The first kappa shape index (κ1) is 14.8. The molecule has 0 fully saturated rings. The van der Waals surface area contributed by atoms with E-state index in [9.17, 15) is 9.36 Å². The van der Waals surface area contributed by atoms with Crippen LogP contribution in [0.25, 0.3) is 0 Å². The molecule has 0 radical (unpaired) electrons. The average molecular weight is 238 g/mol. The molecule has 0 N–H and O–H groups in total. The van der Waals surface area contributed by atoms with Crippen molar-refractivity contribution in [1.82, 2.24) is 0 Å². The van der Waals surface area contributed by atoms with Crippen molar-refractivity contribution in [2.45, 2.75) is 33.7 Å². The Labute approximate surface area is 90.5 Å². The first-order chi connectivity index (χ1) is 7.02. The van der Waals surface area contributed by atoms with Crippen LogP contribution in [0.2, 0.25) is 0 Å². The van der Waals surface area contributed by atoms with Crippen LogP contribution in [0.5, 0.6) is 0 Å². The summed E-state index contributed by atoms with van der Waals surface area (Å²) in [5.74, 6) is 0. The van der Waals surface area contributed by atoms with Crippen molar-refractivity contribution in [3.8, 4) is 0 Å². The summed E-state index contributed by atoms with van der Waals surface area (Å²) in [6.45, 7) is 7.19. The highest BCUT2D eigenvalue weighted by Gasteiger charge is 2.40. The number of hydrogen-bond acceptors (Lipinski definition) is 5. The van der Waals surface area contributed by atoms with Gasteiger partial charge in [0.25, 0.3) is 0 Å². The molecule has 0 saturated heterocycles. The third-order valence-corrected chi connectivity index (χ3v) is 4.03. The molecule has 0 aliphatic heterocycles. The van der Waals surface area contributed by atoms with Crippen LogP contribution < -0.4 is 0 Å².